The molecule has 1 aliphatic heterocycles. The molecule has 0 saturated carbocycles. The van der Waals surface area contributed by atoms with Crippen LogP contribution in [0.5, 0.6) is 0 Å². The topological polar surface area (TPSA) is 55.5 Å². The summed E-state index contributed by atoms with van der Waals surface area (Å²) in [5, 5.41) is 8.56. The van der Waals surface area contributed by atoms with Crippen LogP contribution >= 0.6 is 12.6 Å². The fourth-order valence-corrected chi connectivity index (χ4v) is 3.57. The van der Waals surface area contributed by atoms with Crippen LogP contribution in [0.25, 0.3) is 0 Å². The number of carbonyl (C=O) groups excluding carboxylic acids is 1. The van der Waals surface area contributed by atoms with E-state index in [4.69, 9.17) is 4.74 Å². The molecule has 0 aromatic carbocycles. The summed E-state index contributed by atoms with van der Waals surface area (Å²) in [4.78, 5) is 11.9. The van der Waals surface area contributed by atoms with Crippen molar-refractivity contribution in [1.82, 2.24) is 0 Å². The highest BCUT2D eigenvalue weighted by Gasteiger charge is 2.25. The van der Waals surface area contributed by atoms with Crippen LogP contribution in [0.1, 0.15) is 71.1 Å². The lowest BCUT2D eigenvalue weighted by Gasteiger charge is -2.29. The lowest BCUT2D eigenvalue weighted by atomic mass is 10.1. The number of rotatable bonds is 16. The third kappa shape index (κ3) is 17.5. The molecular formula is C20H42BrClN4O2S. The van der Waals surface area contributed by atoms with Gasteiger partial charge in [0.15, 0.2) is 5.37 Å². The number of unbranched alkanes of at least 4 members (excludes halogenated alkanes) is 9. The SMILES string of the molecule is CCCCCCCCCCCC[N+](C)(C)CCOC(=O)C[NH+]1CC(S)N=N1.[Br-].[Cl-]. The van der Waals surface area contributed by atoms with Crippen molar-refractivity contribution in [3.05, 3.63) is 0 Å². The Kier molecular flexibility index (Phi) is 20.3. The summed E-state index contributed by atoms with van der Waals surface area (Å²) in [5.41, 5.74) is 0. The van der Waals surface area contributed by atoms with Crippen LogP contribution in [0.3, 0.4) is 0 Å². The predicted molar refractivity (Wildman–Crippen MR) is 113 cm³/mol. The van der Waals surface area contributed by atoms with Gasteiger partial charge in [-0.15, -0.1) is 17.7 Å². The van der Waals surface area contributed by atoms with Crippen LogP contribution in [-0.2, 0) is 9.53 Å². The first-order chi connectivity index (χ1) is 12.9. The average molecular weight is 518 g/mol. The maximum atomic E-state index is 11.9. The Hall–Kier alpha value is 0.110. The third-order valence-corrected chi connectivity index (χ3v) is 5.46. The zero-order valence-electron chi connectivity index (χ0n) is 18.5. The van der Waals surface area contributed by atoms with Gasteiger partial charge in [-0.05, 0) is 12.8 Å². The van der Waals surface area contributed by atoms with E-state index in [-0.39, 0.29) is 47.3 Å². The van der Waals surface area contributed by atoms with E-state index in [1.54, 1.807) is 0 Å². The summed E-state index contributed by atoms with van der Waals surface area (Å²) in [5.74, 6) is -0.203. The van der Waals surface area contributed by atoms with E-state index in [1.165, 1.54) is 64.2 Å². The molecule has 174 valence electrons. The largest absolute Gasteiger partial charge is 1.00 e. The first-order valence-corrected chi connectivity index (χ1v) is 11.4. The summed E-state index contributed by atoms with van der Waals surface area (Å²) < 4.78 is 6.27. The molecule has 0 saturated heterocycles. The minimum absolute atomic E-state index is 0. The molecule has 0 aromatic rings. The number of hydrogen-bond donors (Lipinski definition) is 2. The standard InChI is InChI=1S/C20H40N4O2S.BrH.ClH/c1-4-5-6-7-8-9-10-11-12-13-14-24(2,3)15-16-26-20(25)18-23-17-19(27)21-22-23;;/h19H,4-18H2,1-3H3;2*1H. The second kappa shape index (κ2) is 18.8. The summed E-state index contributed by atoms with van der Waals surface area (Å²) in [6, 6.07) is 0. The molecule has 0 bridgehead atoms. The van der Waals surface area contributed by atoms with Gasteiger partial charge in [-0.3, -0.25) is 0 Å². The highest BCUT2D eigenvalue weighted by atomic mass is 79.9. The Morgan fingerprint density at radius 1 is 1.03 bits per heavy atom. The number of halogens is 2. The second-order valence-electron chi connectivity index (χ2n) is 8.43. The van der Waals surface area contributed by atoms with Gasteiger partial charge < -0.3 is 38.6 Å². The number of likely N-dealkylation sites (N-methyl/N-ethyl adjacent to an activating group) is 1. The molecule has 6 nitrogen and oxygen atoms in total. The van der Waals surface area contributed by atoms with E-state index in [1.807, 2.05) is 0 Å². The third-order valence-electron chi connectivity index (χ3n) is 5.18. The highest BCUT2D eigenvalue weighted by Crippen LogP contribution is 2.11. The van der Waals surface area contributed by atoms with Gasteiger partial charge in [0.2, 0.25) is 6.54 Å². The summed E-state index contributed by atoms with van der Waals surface area (Å²) >= 11 is 4.22. The lowest BCUT2D eigenvalue weighted by molar-refractivity contribution is -0.895. The number of thiol groups is 1. The van der Waals surface area contributed by atoms with Crippen molar-refractivity contribution in [2.75, 3.05) is 46.9 Å². The van der Waals surface area contributed by atoms with Gasteiger partial charge in [-0.2, -0.15) is 5.01 Å². The smallest absolute Gasteiger partial charge is 0.364 e. The normalized spacial score (nSPS) is 18.2. The fraction of sp³-hybridized carbons (Fsp3) is 0.950. The molecule has 2 atom stereocenters. The van der Waals surface area contributed by atoms with E-state index in [2.05, 4.69) is 44.0 Å². The molecule has 0 aromatic heterocycles. The van der Waals surface area contributed by atoms with E-state index in [0.717, 1.165) is 22.6 Å². The van der Waals surface area contributed by atoms with Gasteiger partial charge in [-0.1, -0.05) is 58.3 Å². The molecule has 2 unspecified atom stereocenters. The van der Waals surface area contributed by atoms with E-state index in [0.29, 0.717) is 13.2 Å². The van der Waals surface area contributed by atoms with Crippen molar-refractivity contribution in [2.45, 2.75) is 76.5 Å². The van der Waals surface area contributed by atoms with Crippen molar-refractivity contribution in [3.8, 4) is 0 Å². The lowest BCUT2D eigenvalue weighted by Crippen LogP contribution is -3.07. The Morgan fingerprint density at radius 3 is 2.10 bits per heavy atom. The van der Waals surface area contributed by atoms with E-state index >= 15 is 0 Å². The Morgan fingerprint density at radius 2 is 1.59 bits per heavy atom. The summed E-state index contributed by atoms with van der Waals surface area (Å²) in [7, 11) is 4.43. The first kappa shape index (κ1) is 31.3. The number of esters is 1. The van der Waals surface area contributed by atoms with Crippen LogP contribution < -0.4 is 34.4 Å². The number of quaternary nitrogens is 2. The van der Waals surface area contributed by atoms with Crippen molar-refractivity contribution >= 4 is 18.6 Å². The summed E-state index contributed by atoms with van der Waals surface area (Å²) in [6.07, 6.45) is 13.6. The zero-order valence-corrected chi connectivity index (χ0v) is 21.8. The molecule has 0 amide bonds. The predicted octanol–water partition coefficient (Wildman–Crippen LogP) is -2.94. The van der Waals surface area contributed by atoms with Crippen LogP contribution in [0.2, 0.25) is 0 Å². The number of nitrogens with one attached hydrogen (secondary N) is 1. The van der Waals surface area contributed by atoms with Gasteiger partial charge in [0, 0.05) is 5.22 Å². The van der Waals surface area contributed by atoms with Crippen LogP contribution in [0.15, 0.2) is 10.3 Å². The minimum Gasteiger partial charge on any atom is -1.00 e. The molecule has 1 aliphatic rings. The molecule has 1 heterocycles. The first-order valence-electron chi connectivity index (χ1n) is 10.8. The number of carbonyl (C=O) groups is 1. The molecule has 0 radical (unpaired) electrons. The van der Waals surface area contributed by atoms with Crippen LogP contribution in [-0.4, -0.2) is 62.7 Å². The van der Waals surface area contributed by atoms with Gasteiger partial charge in [0.25, 0.3) is 0 Å². The Labute approximate surface area is 200 Å². The summed E-state index contributed by atoms with van der Waals surface area (Å²) in [6.45, 7) is 5.63. The molecular weight excluding hydrogens is 476 g/mol. The molecule has 0 aliphatic carbocycles. The van der Waals surface area contributed by atoms with E-state index in [9.17, 15) is 4.79 Å². The average Bonchev–Trinajstić information content (AvgIpc) is 3.01. The number of ether oxygens (including phenoxy) is 1. The molecule has 1 rings (SSSR count). The highest BCUT2D eigenvalue weighted by molar-refractivity contribution is 7.80. The molecule has 1 N–H and O–H groups in total. The maximum absolute atomic E-state index is 11.9. The minimum atomic E-state index is -0.203. The van der Waals surface area contributed by atoms with Gasteiger partial charge in [0.05, 0.1) is 20.6 Å². The van der Waals surface area contributed by atoms with Crippen molar-refractivity contribution in [2.24, 2.45) is 10.3 Å². The Bertz CT molecular complexity index is 445. The fourth-order valence-electron chi connectivity index (χ4n) is 3.31. The van der Waals surface area contributed by atoms with Crippen molar-refractivity contribution in [1.29, 1.82) is 0 Å². The molecule has 29 heavy (non-hydrogen) atoms. The number of hydrogen-bond acceptors (Lipinski definition) is 5. The Balaban J connectivity index is 0. The van der Waals surface area contributed by atoms with Gasteiger partial charge in [0.1, 0.15) is 19.7 Å². The molecule has 0 fully saturated rings. The molecule has 9 heteroatoms. The van der Waals surface area contributed by atoms with Gasteiger partial charge >= 0.3 is 5.97 Å². The quantitative estimate of drug-likeness (QED) is 0.0996. The second-order valence-corrected chi connectivity index (χ2v) is 9.02. The van der Waals surface area contributed by atoms with Gasteiger partial charge in [-0.25, -0.2) is 4.79 Å². The maximum Gasteiger partial charge on any atom is 0.364 e. The van der Waals surface area contributed by atoms with Crippen molar-refractivity contribution in [3.63, 3.8) is 0 Å². The van der Waals surface area contributed by atoms with Crippen molar-refractivity contribution < 1.29 is 48.4 Å². The number of nitrogens with zero attached hydrogens (tertiary/aromatic N) is 3. The molecule has 0 spiro atoms. The van der Waals surface area contributed by atoms with E-state index < -0.39 is 0 Å². The van der Waals surface area contributed by atoms with Crippen LogP contribution in [0.4, 0.5) is 0 Å². The zero-order chi connectivity index (χ0) is 20.0. The van der Waals surface area contributed by atoms with Crippen LogP contribution in [0, 0.1) is 0 Å². The monoisotopic (exact) mass is 516 g/mol.